The van der Waals surface area contributed by atoms with E-state index in [1.54, 1.807) is 6.92 Å². The van der Waals surface area contributed by atoms with Crippen LogP contribution in [0.15, 0.2) is 21.5 Å². The lowest BCUT2D eigenvalue weighted by atomic mass is 10.1. The average molecular weight is 337 g/mol. The first-order chi connectivity index (χ1) is 8.29. The van der Waals surface area contributed by atoms with Crippen molar-refractivity contribution in [1.82, 2.24) is 4.72 Å². The number of carboxylic acids is 1. The molecule has 1 aromatic carbocycles. The van der Waals surface area contributed by atoms with Crippen LogP contribution in [-0.2, 0) is 10.0 Å². The predicted molar refractivity (Wildman–Crippen MR) is 70.1 cm³/mol. The molecule has 1 rings (SSSR count). The maximum absolute atomic E-state index is 11.9. The van der Waals surface area contributed by atoms with E-state index in [-0.39, 0.29) is 23.5 Å². The molecule has 18 heavy (non-hydrogen) atoms. The molecule has 6 nitrogen and oxygen atoms in total. The van der Waals surface area contributed by atoms with Gasteiger partial charge in [-0.25, -0.2) is 17.9 Å². The average Bonchev–Trinajstić information content (AvgIpc) is 2.29. The van der Waals surface area contributed by atoms with Gasteiger partial charge in [-0.05, 0) is 40.5 Å². The fourth-order valence-corrected chi connectivity index (χ4v) is 3.42. The highest BCUT2D eigenvalue weighted by Crippen LogP contribution is 2.27. The van der Waals surface area contributed by atoms with E-state index in [0.29, 0.717) is 10.0 Å². The Kier molecular flexibility index (Phi) is 4.85. The smallest absolute Gasteiger partial charge is 0.335 e. The Morgan fingerprint density at radius 1 is 1.50 bits per heavy atom. The zero-order valence-corrected chi connectivity index (χ0v) is 12.0. The Hall–Kier alpha value is -0.960. The molecule has 0 saturated heterocycles. The molecule has 0 radical (unpaired) electrons. The predicted octanol–water partition coefficient (Wildman–Crippen LogP) is 0.693. The second kappa shape index (κ2) is 5.79. The molecular weight excluding hydrogens is 324 g/mol. The van der Waals surface area contributed by atoms with Gasteiger partial charge in [0.05, 0.1) is 10.5 Å². The summed E-state index contributed by atoms with van der Waals surface area (Å²) < 4.78 is 26.5. The SMILES string of the molecule is Cc1cc(C(=O)O)cc(S(=O)(=O)NCCN)c1Br. The van der Waals surface area contributed by atoms with E-state index in [0.717, 1.165) is 6.07 Å². The van der Waals surface area contributed by atoms with Gasteiger partial charge in [-0.15, -0.1) is 0 Å². The Labute approximate surface area is 113 Å². The Balaban J connectivity index is 3.35. The lowest BCUT2D eigenvalue weighted by Gasteiger charge is -2.10. The highest BCUT2D eigenvalue weighted by molar-refractivity contribution is 9.10. The third-order valence-electron chi connectivity index (χ3n) is 2.19. The van der Waals surface area contributed by atoms with E-state index in [2.05, 4.69) is 20.7 Å². The standard InChI is InChI=1S/C10H13BrN2O4S/c1-6-4-7(10(14)15)5-8(9(6)11)18(16,17)13-3-2-12/h4-5,13H,2-3,12H2,1H3,(H,14,15). The van der Waals surface area contributed by atoms with Gasteiger partial charge in [0.25, 0.3) is 0 Å². The number of benzene rings is 1. The monoisotopic (exact) mass is 336 g/mol. The Bertz CT molecular complexity index is 571. The van der Waals surface area contributed by atoms with Crippen LogP contribution >= 0.6 is 15.9 Å². The van der Waals surface area contributed by atoms with E-state index in [4.69, 9.17) is 10.8 Å². The molecule has 1 aromatic rings. The van der Waals surface area contributed by atoms with Crippen molar-refractivity contribution in [3.63, 3.8) is 0 Å². The number of aromatic carboxylic acids is 1. The number of carboxylic acid groups (broad SMARTS) is 1. The maximum Gasteiger partial charge on any atom is 0.335 e. The number of aryl methyl sites for hydroxylation is 1. The van der Waals surface area contributed by atoms with Gasteiger partial charge in [-0.3, -0.25) is 0 Å². The van der Waals surface area contributed by atoms with Gasteiger partial charge < -0.3 is 10.8 Å². The minimum atomic E-state index is -3.77. The first kappa shape index (κ1) is 15.1. The molecule has 0 atom stereocenters. The number of rotatable bonds is 5. The van der Waals surface area contributed by atoms with Crippen LogP contribution in [0.25, 0.3) is 0 Å². The summed E-state index contributed by atoms with van der Waals surface area (Å²) in [5, 5.41) is 8.92. The van der Waals surface area contributed by atoms with Crippen LogP contribution in [0.2, 0.25) is 0 Å². The highest BCUT2D eigenvalue weighted by atomic mass is 79.9. The molecule has 0 aromatic heterocycles. The largest absolute Gasteiger partial charge is 0.478 e. The normalized spacial score (nSPS) is 11.5. The topological polar surface area (TPSA) is 109 Å². The third-order valence-corrected chi connectivity index (χ3v) is 4.99. The number of hydrogen-bond acceptors (Lipinski definition) is 4. The zero-order chi connectivity index (χ0) is 13.9. The molecule has 0 aliphatic rings. The van der Waals surface area contributed by atoms with Crippen LogP contribution in [0.5, 0.6) is 0 Å². The molecule has 4 N–H and O–H groups in total. The van der Waals surface area contributed by atoms with Crippen molar-refractivity contribution in [2.45, 2.75) is 11.8 Å². The molecule has 0 heterocycles. The third kappa shape index (κ3) is 3.29. The maximum atomic E-state index is 11.9. The van der Waals surface area contributed by atoms with Crippen molar-refractivity contribution in [2.24, 2.45) is 5.73 Å². The summed E-state index contributed by atoms with van der Waals surface area (Å²) >= 11 is 3.15. The van der Waals surface area contributed by atoms with Crippen LogP contribution in [0, 0.1) is 6.92 Å². The molecule has 0 spiro atoms. The summed E-state index contributed by atoms with van der Waals surface area (Å²) in [4.78, 5) is 10.8. The van der Waals surface area contributed by atoms with Gasteiger partial charge >= 0.3 is 5.97 Å². The van der Waals surface area contributed by atoms with Crippen LogP contribution in [0.1, 0.15) is 15.9 Å². The summed E-state index contributed by atoms with van der Waals surface area (Å²) in [5.41, 5.74) is 5.68. The summed E-state index contributed by atoms with van der Waals surface area (Å²) in [6, 6.07) is 2.51. The van der Waals surface area contributed by atoms with Crippen LogP contribution in [0.4, 0.5) is 0 Å². The van der Waals surface area contributed by atoms with Crippen molar-refractivity contribution in [2.75, 3.05) is 13.1 Å². The summed E-state index contributed by atoms with van der Waals surface area (Å²) in [6.45, 7) is 1.87. The number of carbonyl (C=O) groups is 1. The molecular formula is C10H13BrN2O4S. The number of nitrogens with two attached hydrogens (primary N) is 1. The summed E-state index contributed by atoms with van der Waals surface area (Å²) in [7, 11) is -3.77. The van der Waals surface area contributed by atoms with Crippen molar-refractivity contribution < 1.29 is 18.3 Å². The molecule has 0 amide bonds. The van der Waals surface area contributed by atoms with E-state index < -0.39 is 16.0 Å². The molecule has 8 heteroatoms. The summed E-state index contributed by atoms with van der Waals surface area (Å²) in [5.74, 6) is -1.18. The van der Waals surface area contributed by atoms with Crippen LogP contribution in [-0.4, -0.2) is 32.6 Å². The Morgan fingerprint density at radius 2 is 2.11 bits per heavy atom. The molecule has 0 bridgehead atoms. The van der Waals surface area contributed by atoms with Crippen molar-refractivity contribution in [3.05, 3.63) is 27.7 Å². The lowest BCUT2D eigenvalue weighted by Crippen LogP contribution is -2.29. The van der Waals surface area contributed by atoms with Gasteiger partial charge in [0.2, 0.25) is 10.0 Å². The van der Waals surface area contributed by atoms with Gasteiger partial charge in [0.1, 0.15) is 0 Å². The lowest BCUT2D eigenvalue weighted by molar-refractivity contribution is 0.0696. The minimum Gasteiger partial charge on any atom is -0.478 e. The van der Waals surface area contributed by atoms with E-state index >= 15 is 0 Å². The number of halogens is 1. The minimum absolute atomic E-state index is 0.0798. The molecule has 100 valence electrons. The van der Waals surface area contributed by atoms with Gasteiger partial charge in [0.15, 0.2) is 0 Å². The second-order valence-electron chi connectivity index (χ2n) is 3.60. The fourth-order valence-electron chi connectivity index (χ4n) is 1.33. The first-order valence-electron chi connectivity index (χ1n) is 5.02. The van der Waals surface area contributed by atoms with Crippen LogP contribution < -0.4 is 10.5 Å². The molecule has 0 aliphatic carbocycles. The number of hydrogen-bond donors (Lipinski definition) is 3. The van der Waals surface area contributed by atoms with Crippen molar-refractivity contribution >= 4 is 31.9 Å². The van der Waals surface area contributed by atoms with Gasteiger partial charge in [-0.2, -0.15) is 0 Å². The highest BCUT2D eigenvalue weighted by Gasteiger charge is 2.20. The first-order valence-corrected chi connectivity index (χ1v) is 7.30. The van der Waals surface area contributed by atoms with Gasteiger partial charge in [-0.1, -0.05) is 0 Å². The van der Waals surface area contributed by atoms with Gasteiger partial charge in [0, 0.05) is 17.6 Å². The second-order valence-corrected chi connectivity index (χ2v) is 6.13. The van der Waals surface area contributed by atoms with Crippen molar-refractivity contribution in [3.8, 4) is 0 Å². The molecule has 0 saturated carbocycles. The fraction of sp³-hybridized carbons (Fsp3) is 0.300. The molecule has 0 fully saturated rings. The quantitative estimate of drug-likeness (QED) is 0.732. The van der Waals surface area contributed by atoms with E-state index in [9.17, 15) is 13.2 Å². The summed E-state index contributed by atoms with van der Waals surface area (Å²) in [6.07, 6.45) is 0. The zero-order valence-electron chi connectivity index (χ0n) is 9.60. The number of sulfonamides is 1. The Morgan fingerprint density at radius 3 is 2.61 bits per heavy atom. The van der Waals surface area contributed by atoms with Crippen molar-refractivity contribution in [1.29, 1.82) is 0 Å². The number of nitrogens with one attached hydrogen (secondary N) is 1. The van der Waals surface area contributed by atoms with E-state index in [1.165, 1.54) is 6.07 Å². The van der Waals surface area contributed by atoms with Crippen LogP contribution in [0.3, 0.4) is 0 Å². The molecule has 0 aliphatic heterocycles. The van der Waals surface area contributed by atoms with E-state index in [1.807, 2.05) is 0 Å². The molecule has 0 unspecified atom stereocenters.